The number of benzene rings is 1. The van der Waals surface area contributed by atoms with Crippen molar-refractivity contribution in [3.8, 4) is 0 Å². The summed E-state index contributed by atoms with van der Waals surface area (Å²) in [5.74, 6) is 0.528. The third kappa shape index (κ3) is 3.07. The van der Waals surface area contributed by atoms with E-state index in [1.165, 1.54) is 43.4 Å². The molecule has 1 aromatic carbocycles. The van der Waals surface area contributed by atoms with Gasteiger partial charge in [-0.1, -0.05) is 38.0 Å². The average Bonchev–Trinajstić information content (AvgIpc) is 3.14. The van der Waals surface area contributed by atoms with E-state index in [0.29, 0.717) is 17.8 Å². The summed E-state index contributed by atoms with van der Waals surface area (Å²) in [7, 11) is 0. The first kappa shape index (κ1) is 14.4. The molecular formula is C18H26N2O. The molecule has 1 amide bonds. The van der Waals surface area contributed by atoms with Gasteiger partial charge in [-0.15, -0.1) is 0 Å². The molecule has 1 aliphatic carbocycles. The highest BCUT2D eigenvalue weighted by atomic mass is 16.1. The van der Waals surface area contributed by atoms with Gasteiger partial charge in [-0.3, -0.25) is 4.79 Å². The van der Waals surface area contributed by atoms with Crippen LogP contribution in [0, 0.1) is 5.41 Å². The standard InChI is InChI=1S/C18H26N2O/c1-2-18(9-5-6-10-18)13-20-17(21)11-14-12-19-16-8-4-3-7-15(14)16/h3-4,7-8,14,19H,2,5-6,9-13H2,1H3,(H,20,21). The van der Waals surface area contributed by atoms with Crippen LogP contribution in [0.3, 0.4) is 0 Å². The maximum absolute atomic E-state index is 12.3. The monoisotopic (exact) mass is 286 g/mol. The van der Waals surface area contributed by atoms with Crippen LogP contribution >= 0.6 is 0 Å². The predicted molar refractivity (Wildman–Crippen MR) is 86.5 cm³/mol. The van der Waals surface area contributed by atoms with E-state index in [4.69, 9.17) is 0 Å². The molecule has 1 atom stereocenters. The van der Waals surface area contributed by atoms with Gasteiger partial charge >= 0.3 is 0 Å². The van der Waals surface area contributed by atoms with E-state index >= 15 is 0 Å². The molecular weight excluding hydrogens is 260 g/mol. The van der Waals surface area contributed by atoms with Gasteiger partial charge in [0.2, 0.25) is 5.91 Å². The van der Waals surface area contributed by atoms with Crippen LogP contribution in [0.4, 0.5) is 5.69 Å². The molecule has 0 spiro atoms. The molecule has 2 aliphatic rings. The molecule has 0 radical (unpaired) electrons. The van der Waals surface area contributed by atoms with E-state index in [0.717, 1.165) is 13.1 Å². The Morgan fingerprint density at radius 1 is 1.33 bits per heavy atom. The summed E-state index contributed by atoms with van der Waals surface area (Å²) in [6.45, 7) is 4.00. The number of carbonyl (C=O) groups is 1. The van der Waals surface area contributed by atoms with Crippen molar-refractivity contribution in [3.05, 3.63) is 29.8 Å². The molecule has 114 valence electrons. The molecule has 0 aromatic heterocycles. The number of anilines is 1. The fourth-order valence-corrected chi connectivity index (χ4v) is 3.90. The van der Waals surface area contributed by atoms with E-state index in [-0.39, 0.29) is 5.91 Å². The molecule has 1 heterocycles. The first-order valence-corrected chi connectivity index (χ1v) is 8.32. The van der Waals surface area contributed by atoms with Gasteiger partial charge in [0.1, 0.15) is 0 Å². The Hall–Kier alpha value is -1.51. The maximum atomic E-state index is 12.3. The zero-order valence-electron chi connectivity index (χ0n) is 13.0. The molecule has 1 aromatic rings. The van der Waals surface area contributed by atoms with Gasteiger partial charge in [0.15, 0.2) is 0 Å². The maximum Gasteiger partial charge on any atom is 0.220 e. The number of amides is 1. The topological polar surface area (TPSA) is 41.1 Å². The average molecular weight is 286 g/mol. The molecule has 1 aliphatic heterocycles. The third-order valence-corrected chi connectivity index (χ3v) is 5.45. The summed E-state index contributed by atoms with van der Waals surface area (Å²) in [4.78, 5) is 12.3. The highest BCUT2D eigenvalue weighted by molar-refractivity contribution is 5.78. The highest BCUT2D eigenvalue weighted by Crippen LogP contribution is 2.40. The fraction of sp³-hybridized carbons (Fsp3) is 0.611. The number of carbonyl (C=O) groups excluding carboxylic acids is 1. The van der Waals surface area contributed by atoms with E-state index in [2.05, 4.69) is 35.8 Å². The summed E-state index contributed by atoms with van der Waals surface area (Å²) in [6.07, 6.45) is 6.98. The van der Waals surface area contributed by atoms with Crippen LogP contribution in [0.2, 0.25) is 0 Å². The molecule has 0 bridgehead atoms. The first-order chi connectivity index (χ1) is 10.2. The normalized spacial score (nSPS) is 22.6. The molecule has 3 heteroatoms. The van der Waals surface area contributed by atoms with Crippen molar-refractivity contribution in [1.29, 1.82) is 0 Å². The summed E-state index contributed by atoms with van der Waals surface area (Å²) in [5, 5.41) is 6.60. The van der Waals surface area contributed by atoms with E-state index in [9.17, 15) is 4.79 Å². The minimum absolute atomic E-state index is 0.207. The first-order valence-electron chi connectivity index (χ1n) is 8.32. The minimum atomic E-state index is 0.207. The quantitative estimate of drug-likeness (QED) is 0.867. The molecule has 3 nitrogen and oxygen atoms in total. The van der Waals surface area contributed by atoms with Crippen LogP contribution in [0.15, 0.2) is 24.3 Å². The second-order valence-corrected chi connectivity index (χ2v) is 6.71. The predicted octanol–water partition coefficient (Wildman–Crippen LogP) is 3.67. The van der Waals surface area contributed by atoms with E-state index < -0.39 is 0 Å². The Morgan fingerprint density at radius 2 is 2.10 bits per heavy atom. The fourth-order valence-electron chi connectivity index (χ4n) is 3.90. The van der Waals surface area contributed by atoms with Crippen molar-refractivity contribution in [2.24, 2.45) is 5.41 Å². The van der Waals surface area contributed by atoms with Crippen LogP contribution in [-0.2, 0) is 4.79 Å². The minimum Gasteiger partial charge on any atom is -0.384 e. The molecule has 21 heavy (non-hydrogen) atoms. The van der Waals surface area contributed by atoms with Gasteiger partial charge in [0.05, 0.1) is 0 Å². The lowest BCUT2D eigenvalue weighted by molar-refractivity contribution is -0.121. The number of fused-ring (bicyclic) bond motifs is 1. The van der Waals surface area contributed by atoms with Gasteiger partial charge in [-0.2, -0.15) is 0 Å². The highest BCUT2D eigenvalue weighted by Gasteiger charge is 2.32. The Bertz CT molecular complexity index is 506. The molecule has 1 fully saturated rings. The van der Waals surface area contributed by atoms with Gasteiger partial charge < -0.3 is 10.6 Å². The summed E-state index contributed by atoms with van der Waals surface area (Å²) < 4.78 is 0. The Kier molecular flexibility index (Phi) is 4.18. The second-order valence-electron chi connectivity index (χ2n) is 6.71. The van der Waals surface area contributed by atoms with Crippen molar-refractivity contribution in [2.45, 2.75) is 51.4 Å². The van der Waals surface area contributed by atoms with E-state index in [1.807, 2.05) is 6.07 Å². The Labute approximate surface area is 127 Å². The number of rotatable bonds is 5. The molecule has 2 N–H and O–H groups in total. The Balaban J connectivity index is 1.53. The van der Waals surface area contributed by atoms with Crippen LogP contribution in [-0.4, -0.2) is 19.0 Å². The largest absolute Gasteiger partial charge is 0.384 e. The zero-order valence-corrected chi connectivity index (χ0v) is 13.0. The Morgan fingerprint density at radius 3 is 2.86 bits per heavy atom. The van der Waals surface area contributed by atoms with Gasteiger partial charge in [-0.25, -0.2) is 0 Å². The molecule has 1 saturated carbocycles. The summed E-state index contributed by atoms with van der Waals surface area (Å²) in [6, 6.07) is 8.33. The van der Waals surface area contributed by atoms with Gasteiger partial charge in [0.25, 0.3) is 0 Å². The number of nitrogens with one attached hydrogen (secondary N) is 2. The zero-order chi connectivity index (χ0) is 14.7. The van der Waals surface area contributed by atoms with Crippen molar-refractivity contribution in [3.63, 3.8) is 0 Å². The summed E-state index contributed by atoms with van der Waals surface area (Å²) >= 11 is 0. The molecule has 3 rings (SSSR count). The van der Waals surface area contributed by atoms with Crippen LogP contribution in [0.5, 0.6) is 0 Å². The van der Waals surface area contributed by atoms with Crippen molar-refractivity contribution >= 4 is 11.6 Å². The smallest absolute Gasteiger partial charge is 0.220 e. The lowest BCUT2D eigenvalue weighted by Crippen LogP contribution is -2.36. The summed E-state index contributed by atoms with van der Waals surface area (Å²) in [5.41, 5.74) is 2.86. The third-order valence-electron chi connectivity index (χ3n) is 5.45. The van der Waals surface area contributed by atoms with Crippen LogP contribution in [0.25, 0.3) is 0 Å². The van der Waals surface area contributed by atoms with Gasteiger partial charge in [-0.05, 0) is 36.3 Å². The van der Waals surface area contributed by atoms with Crippen molar-refractivity contribution in [1.82, 2.24) is 5.32 Å². The van der Waals surface area contributed by atoms with Crippen molar-refractivity contribution in [2.75, 3.05) is 18.4 Å². The molecule has 0 saturated heterocycles. The number of para-hydroxylation sites is 1. The van der Waals surface area contributed by atoms with Crippen LogP contribution < -0.4 is 10.6 Å². The van der Waals surface area contributed by atoms with Crippen LogP contribution in [0.1, 0.15) is 56.9 Å². The van der Waals surface area contributed by atoms with Crippen molar-refractivity contribution < 1.29 is 4.79 Å². The van der Waals surface area contributed by atoms with Gasteiger partial charge in [0, 0.05) is 31.1 Å². The number of hydrogen-bond donors (Lipinski definition) is 2. The lowest BCUT2D eigenvalue weighted by atomic mass is 9.83. The SMILES string of the molecule is CCC1(CNC(=O)CC2CNc3ccccc32)CCCC1. The number of hydrogen-bond acceptors (Lipinski definition) is 2. The van der Waals surface area contributed by atoms with E-state index in [1.54, 1.807) is 0 Å². The second kappa shape index (κ2) is 6.08. The molecule has 1 unspecified atom stereocenters. The lowest BCUT2D eigenvalue weighted by Gasteiger charge is -2.27.